The molecule has 9 heteroatoms. The normalized spacial score (nSPS) is 11.1. The standard InChI is InChI=1S/C23H23N3O5S/c1-16-10-12-21(13-11-16)32(30,31)25(22-9-4-6-17(2)18(22)3)15-23(27)24-19-7-5-8-20(14-19)26(28)29/h4-14H,15H2,1-3H3,(H,24,27). The molecular formula is C23H23N3O5S. The Bertz CT molecular complexity index is 1270. The summed E-state index contributed by atoms with van der Waals surface area (Å²) in [6.07, 6.45) is 0. The van der Waals surface area contributed by atoms with Gasteiger partial charge in [0.05, 0.1) is 15.5 Å². The largest absolute Gasteiger partial charge is 0.324 e. The molecule has 0 saturated heterocycles. The van der Waals surface area contributed by atoms with Crippen LogP contribution in [0.15, 0.2) is 71.6 Å². The van der Waals surface area contributed by atoms with Crippen LogP contribution in [0.5, 0.6) is 0 Å². The Morgan fingerprint density at radius 1 is 1.00 bits per heavy atom. The molecular weight excluding hydrogens is 430 g/mol. The van der Waals surface area contributed by atoms with Gasteiger partial charge in [0.1, 0.15) is 6.54 Å². The summed E-state index contributed by atoms with van der Waals surface area (Å²) in [5.74, 6) is -0.623. The molecule has 166 valence electrons. The zero-order valence-corrected chi connectivity index (χ0v) is 18.7. The molecule has 0 atom stereocenters. The Balaban J connectivity index is 1.98. The van der Waals surface area contributed by atoms with Gasteiger partial charge in [0.15, 0.2) is 0 Å². The van der Waals surface area contributed by atoms with Crippen molar-refractivity contribution in [3.05, 3.63) is 93.5 Å². The number of benzene rings is 3. The van der Waals surface area contributed by atoms with E-state index in [1.165, 1.54) is 36.4 Å². The van der Waals surface area contributed by atoms with Crippen molar-refractivity contribution in [3.8, 4) is 0 Å². The number of nitro benzene ring substituents is 1. The number of amides is 1. The molecule has 1 N–H and O–H groups in total. The predicted octanol–water partition coefficient (Wildman–Crippen LogP) is 4.35. The van der Waals surface area contributed by atoms with Gasteiger partial charge in [-0.05, 0) is 56.2 Å². The van der Waals surface area contributed by atoms with Crippen LogP contribution in [-0.4, -0.2) is 25.8 Å². The third-order valence-electron chi connectivity index (χ3n) is 5.08. The lowest BCUT2D eigenvalue weighted by atomic mass is 10.1. The third kappa shape index (κ3) is 4.94. The van der Waals surface area contributed by atoms with Gasteiger partial charge < -0.3 is 5.32 Å². The summed E-state index contributed by atoms with van der Waals surface area (Å²) >= 11 is 0. The number of sulfonamides is 1. The highest BCUT2D eigenvalue weighted by Crippen LogP contribution is 2.29. The maximum absolute atomic E-state index is 13.5. The van der Waals surface area contributed by atoms with Crippen molar-refractivity contribution >= 4 is 33.0 Å². The molecule has 0 fully saturated rings. The van der Waals surface area contributed by atoms with Crippen molar-refractivity contribution in [2.24, 2.45) is 0 Å². The second-order valence-electron chi connectivity index (χ2n) is 7.40. The van der Waals surface area contributed by atoms with Gasteiger partial charge >= 0.3 is 0 Å². The number of nitrogens with one attached hydrogen (secondary N) is 1. The Labute approximate surface area is 186 Å². The first kappa shape index (κ1) is 23.0. The molecule has 0 spiro atoms. The molecule has 0 aromatic heterocycles. The second-order valence-corrected chi connectivity index (χ2v) is 9.26. The lowest BCUT2D eigenvalue weighted by Gasteiger charge is -2.26. The van der Waals surface area contributed by atoms with Gasteiger partial charge in [0, 0.05) is 17.8 Å². The van der Waals surface area contributed by atoms with Gasteiger partial charge in [-0.3, -0.25) is 19.2 Å². The zero-order valence-electron chi connectivity index (χ0n) is 17.9. The van der Waals surface area contributed by atoms with Gasteiger partial charge in [0.25, 0.3) is 15.7 Å². The highest BCUT2D eigenvalue weighted by molar-refractivity contribution is 7.92. The van der Waals surface area contributed by atoms with Crippen molar-refractivity contribution in [3.63, 3.8) is 0 Å². The topological polar surface area (TPSA) is 110 Å². The minimum atomic E-state index is -4.05. The van der Waals surface area contributed by atoms with E-state index in [2.05, 4.69) is 5.32 Å². The van der Waals surface area contributed by atoms with Crippen LogP contribution < -0.4 is 9.62 Å². The summed E-state index contributed by atoms with van der Waals surface area (Å²) in [5, 5.41) is 13.5. The number of carbonyl (C=O) groups excluding carboxylic acids is 1. The van der Waals surface area contributed by atoms with Crippen LogP contribution in [0.1, 0.15) is 16.7 Å². The number of hydrogen-bond donors (Lipinski definition) is 1. The zero-order chi connectivity index (χ0) is 23.5. The molecule has 0 aliphatic carbocycles. The van der Waals surface area contributed by atoms with Gasteiger partial charge in [-0.1, -0.05) is 35.9 Å². The van der Waals surface area contributed by atoms with E-state index in [0.29, 0.717) is 5.69 Å². The molecule has 0 aliphatic heterocycles. The van der Waals surface area contributed by atoms with E-state index in [9.17, 15) is 23.3 Å². The molecule has 0 aliphatic rings. The van der Waals surface area contributed by atoms with Gasteiger partial charge in [-0.2, -0.15) is 0 Å². The number of anilines is 2. The number of nitro groups is 1. The Hall–Kier alpha value is -3.72. The van der Waals surface area contributed by atoms with Crippen LogP contribution in [0.2, 0.25) is 0 Å². The first-order chi connectivity index (χ1) is 15.1. The molecule has 3 aromatic rings. The van der Waals surface area contributed by atoms with E-state index in [1.54, 1.807) is 31.2 Å². The number of rotatable bonds is 7. The summed E-state index contributed by atoms with van der Waals surface area (Å²) in [6.45, 7) is 5.01. The van der Waals surface area contributed by atoms with Crippen LogP contribution in [0.4, 0.5) is 17.1 Å². The average Bonchev–Trinajstić information content (AvgIpc) is 2.74. The maximum atomic E-state index is 13.5. The summed E-state index contributed by atoms with van der Waals surface area (Å²) in [4.78, 5) is 23.3. The molecule has 1 amide bonds. The van der Waals surface area contributed by atoms with Crippen LogP contribution in [0.3, 0.4) is 0 Å². The Morgan fingerprint density at radius 2 is 1.66 bits per heavy atom. The molecule has 0 saturated carbocycles. The number of non-ortho nitro benzene ring substituents is 1. The molecule has 0 bridgehead atoms. The van der Waals surface area contributed by atoms with E-state index in [4.69, 9.17) is 0 Å². The molecule has 0 heterocycles. The minimum absolute atomic E-state index is 0.0622. The molecule has 3 rings (SSSR count). The second kappa shape index (κ2) is 9.19. The van der Waals surface area contributed by atoms with E-state index in [-0.39, 0.29) is 16.3 Å². The van der Waals surface area contributed by atoms with Crippen molar-refractivity contribution in [2.75, 3.05) is 16.2 Å². The fraction of sp³-hybridized carbons (Fsp3) is 0.174. The fourth-order valence-corrected chi connectivity index (χ4v) is 4.65. The van der Waals surface area contributed by atoms with Crippen LogP contribution in [0, 0.1) is 30.9 Å². The number of carbonyl (C=O) groups is 1. The summed E-state index contributed by atoms with van der Waals surface area (Å²) in [5.41, 5.74) is 2.93. The monoisotopic (exact) mass is 453 g/mol. The van der Waals surface area contributed by atoms with Crippen molar-refractivity contribution in [1.82, 2.24) is 0 Å². The van der Waals surface area contributed by atoms with Crippen molar-refractivity contribution in [2.45, 2.75) is 25.7 Å². The van der Waals surface area contributed by atoms with Crippen molar-refractivity contribution < 1.29 is 18.1 Å². The Morgan fingerprint density at radius 3 is 2.31 bits per heavy atom. The smallest absolute Gasteiger partial charge is 0.271 e. The fourth-order valence-electron chi connectivity index (χ4n) is 3.17. The third-order valence-corrected chi connectivity index (χ3v) is 6.86. The van der Waals surface area contributed by atoms with Crippen molar-refractivity contribution in [1.29, 1.82) is 0 Å². The highest BCUT2D eigenvalue weighted by Gasteiger charge is 2.28. The summed E-state index contributed by atoms with van der Waals surface area (Å²) < 4.78 is 28.1. The lowest BCUT2D eigenvalue weighted by Crippen LogP contribution is -2.38. The quantitative estimate of drug-likeness (QED) is 0.422. The molecule has 32 heavy (non-hydrogen) atoms. The van der Waals surface area contributed by atoms with E-state index in [0.717, 1.165) is 21.0 Å². The minimum Gasteiger partial charge on any atom is -0.324 e. The first-order valence-corrected chi connectivity index (χ1v) is 11.2. The van der Waals surface area contributed by atoms with E-state index < -0.39 is 27.4 Å². The Kier molecular flexibility index (Phi) is 6.59. The van der Waals surface area contributed by atoms with Crippen LogP contribution in [0.25, 0.3) is 0 Å². The summed E-state index contributed by atoms with van der Waals surface area (Å²) in [7, 11) is -4.05. The molecule has 3 aromatic carbocycles. The van der Waals surface area contributed by atoms with Crippen LogP contribution >= 0.6 is 0 Å². The van der Waals surface area contributed by atoms with Crippen LogP contribution in [-0.2, 0) is 14.8 Å². The maximum Gasteiger partial charge on any atom is 0.271 e. The number of hydrogen-bond acceptors (Lipinski definition) is 5. The van der Waals surface area contributed by atoms with E-state index >= 15 is 0 Å². The molecule has 8 nitrogen and oxygen atoms in total. The van der Waals surface area contributed by atoms with Gasteiger partial charge in [-0.15, -0.1) is 0 Å². The van der Waals surface area contributed by atoms with E-state index in [1.807, 2.05) is 19.9 Å². The average molecular weight is 454 g/mol. The van der Waals surface area contributed by atoms with Gasteiger partial charge in [-0.25, -0.2) is 8.42 Å². The first-order valence-electron chi connectivity index (χ1n) is 9.79. The summed E-state index contributed by atoms with van der Waals surface area (Å²) in [6, 6.07) is 17.1. The number of aryl methyl sites for hydroxylation is 2. The predicted molar refractivity (Wildman–Crippen MR) is 123 cm³/mol. The number of nitrogens with zero attached hydrogens (tertiary/aromatic N) is 2. The molecule has 0 unspecified atom stereocenters. The highest BCUT2D eigenvalue weighted by atomic mass is 32.2. The molecule has 0 radical (unpaired) electrons. The SMILES string of the molecule is Cc1ccc(S(=O)(=O)N(CC(=O)Nc2cccc([N+](=O)[O-])c2)c2cccc(C)c2C)cc1. The lowest BCUT2D eigenvalue weighted by molar-refractivity contribution is -0.384. The van der Waals surface area contributed by atoms with Gasteiger partial charge in [0.2, 0.25) is 5.91 Å².